The van der Waals surface area contributed by atoms with Gasteiger partial charge in [-0.2, -0.15) is 0 Å². The third-order valence-corrected chi connectivity index (χ3v) is 4.64. The van der Waals surface area contributed by atoms with Gasteiger partial charge in [-0.05, 0) is 41.5 Å². The predicted molar refractivity (Wildman–Crippen MR) is 95.0 cm³/mol. The Bertz CT molecular complexity index is 833. The molecule has 0 bridgehead atoms. The molecule has 0 unspecified atom stereocenters. The van der Waals surface area contributed by atoms with Crippen molar-refractivity contribution in [2.75, 3.05) is 4.90 Å². The lowest BCUT2D eigenvalue weighted by atomic mass is 10.1. The molecule has 24 heavy (non-hydrogen) atoms. The molecule has 0 radical (unpaired) electrons. The van der Waals surface area contributed by atoms with E-state index in [4.69, 9.17) is 12.2 Å². The molecule has 0 atom stereocenters. The highest BCUT2D eigenvalue weighted by atomic mass is 32.2. The molecule has 1 aliphatic heterocycles. The molecule has 5 nitrogen and oxygen atoms in total. The minimum atomic E-state index is -1.14. The molecule has 1 saturated heterocycles. The van der Waals surface area contributed by atoms with E-state index >= 15 is 0 Å². The molecule has 7 heteroatoms. The molecule has 1 aromatic heterocycles. The van der Waals surface area contributed by atoms with E-state index in [1.54, 1.807) is 54.9 Å². The summed E-state index contributed by atoms with van der Waals surface area (Å²) in [5.41, 5.74) is 2.09. The maximum Gasteiger partial charge on any atom is 0.270 e. The number of aromatic nitrogens is 1. The normalized spacial score (nSPS) is 16.0. The number of benzene rings is 1. The average Bonchev–Trinajstić information content (AvgIpc) is 2.83. The van der Waals surface area contributed by atoms with E-state index in [9.17, 15) is 14.7 Å². The van der Waals surface area contributed by atoms with Crippen molar-refractivity contribution < 1.29 is 14.7 Å². The molecule has 0 saturated carbocycles. The first-order valence-electron chi connectivity index (χ1n) is 7.01. The molecule has 1 aromatic carbocycles. The number of carboxylic acid groups (broad SMARTS) is 1. The Balaban J connectivity index is 1.84. The van der Waals surface area contributed by atoms with Crippen LogP contribution in [0.1, 0.15) is 11.1 Å². The first-order valence-corrected chi connectivity index (χ1v) is 8.24. The standard InChI is InChI=1S/C17H12N2O3S2/c20-15(21)10-11-1-3-13(4-2-11)19-16(22)14(24-17(19)23)9-12-5-7-18-8-6-12/h1-9H,10H2,(H,20,21)/p-1/b14-9-. The lowest BCUT2D eigenvalue weighted by Gasteiger charge is -2.15. The molecule has 0 N–H and O–H groups in total. The highest BCUT2D eigenvalue weighted by Crippen LogP contribution is 2.36. The van der Waals surface area contributed by atoms with Gasteiger partial charge >= 0.3 is 0 Å². The number of nitrogens with zero attached hydrogens (tertiary/aromatic N) is 2. The molecule has 2 heterocycles. The Morgan fingerprint density at radius 3 is 2.50 bits per heavy atom. The summed E-state index contributed by atoms with van der Waals surface area (Å²) >= 11 is 6.54. The highest BCUT2D eigenvalue weighted by Gasteiger charge is 2.33. The monoisotopic (exact) mass is 355 g/mol. The van der Waals surface area contributed by atoms with Crippen molar-refractivity contribution in [1.29, 1.82) is 0 Å². The van der Waals surface area contributed by atoms with Gasteiger partial charge in [-0.1, -0.05) is 36.1 Å². The number of carbonyl (C=O) groups is 2. The van der Waals surface area contributed by atoms with Crippen molar-refractivity contribution in [3.8, 4) is 0 Å². The zero-order valence-corrected chi connectivity index (χ0v) is 14.0. The van der Waals surface area contributed by atoms with Crippen LogP contribution in [-0.2, 0) is 16.0 Å². The zero-order valence-electron chi connectivity index (χ0n) is 12.3. The molecule has 0 spiro atoms. The van der Waals surface area contributed by atoms with Crippen molar-refractivity contribution in [2.24, 2.45) is 0 Å². The Hall–Kier alpha value is -2.51. The summed E-state index contributed by atoms with van der Waals surface area (Å²) in [5.74, 6) is -1.34. The van der Waals surface area contributed by atoms with E-state index in [1.165, 1.54) is 16.7 Å². The van der Waals surface area contributed by atoms with E-state index in [0.717, 1.165) is 5.56 Å². The van der Waals surface area contributed by atoms with E-state index in [2.05, 4.69) is 4.98 Å². The number of carboxylic acids is 1. The lowest BCUT2D eigenvalue weighted by Crippen LogP contribution is -2.27. The van der Waals surface area contributed by atoms with Gasteiger partial charge in [0.1, 0.15) is 0 Å². The van der Waals surface area contributed by atoms with Crippen LogP contribution in [-0.4, -0.2) is 21.2 Å². The first-order chi connectivity index (χ1) is 11.5. The predicted octanol–water partition coefficient (Wildman–Crippen LogP) is 1.78. The average molecular weight is 355 g/mol. The number of hydrogen-bond donors (Lipinski definition) is 0. The quantitative estimate of drug-likeness (QED) is 0.615. The van der Waals surface area contributed by atoms with Gasteiger partial charge < -0.3 is 9.90 Å². The van der Waals surface area contributed by atoms with Crippen LogP contribution in [0.15, 0.2) is 53.7 Å². The fourth-order valence-corrected chi connectivity index (χ4v) is 3.53. The minimum absolute atomic E-state index is 0.166. The number of pyridine rings is 1. The molecule has 0 aliphatic carbocycles. The summed E-state index contributed by atoms with van der Waals surface area (Å²) in [5, 5.41) is 10.6. The first kappa shape index (κ1) is 16.4. The summed E-state index contributed by atoms with van der Waals surface area (Å²) in [6.45, 7) is 0. The highest BCUT2D eigenvalue weighted by molar-refractivity contribution is 8.27. The van der Waals surface area contributed by atoms with Crippen LogP contribution in [0.5, 0.6) is 0 Å². The Morgan fingerprint density at radius 1 is 1.21 bits per heavy atom. The number of aliphatic carboxylic acids is 1. The smallest absolute Gasteiger partial charge is 0.270 e. The van der Waals surface area contributed by atoms with E-state index in [0.29, 0.717) is 20.5 Å². The summed E-state index contributed by atoms with van der Waals surface area (Å²) in [6.07, 6.45) is 4.91. The van der Waals surface area contributed by atoms with Crippen LogP contribution in [0.25, 0.3) is 6.08 Å². The summed E-state index contributed by atoms with van der Waals surface area (Å²) < 4.78 is 0.438. The van der Waals surface area contributed by atoms with Crippen molar-refractivity contribution in [1.82, 2.24) is 4.98 Å². The molecule has 1 aliphatic rings. The van der Waals surface area contributed by atoms with Gasteiger partial charge in [0.05, 0.1) is 10.6 Å². The van der Waals surface area contributed by atoms with Crippen LogP contribution in [0.3, 0.4) is 0 Å². The lowest BCUT2D eigenvalue weighted by molar-refractivity contribution is -0.304. The van der Waals surface area contributed by atoms with Crippen molar-refractivity contribution in [3.05, 3.63) is 64.8 Å². The van der Waals surface area contributed by atoms with Crippen molar-refractivity contribution in [3.63, 3.8) is 0 Å². The maximum absolute atomic E-state index is 12.6. The second kappa shape index (κ2) is 6.94. The van der Waals surface area contributed by atoms with E-state index in [-0.39, 0.29) is 12.3 Å². The Kier molecular flexibility index (Phi) is 4.73. The van der Waals surface area contributed by atoms with Gasteiger partial charge in [0.25, 0.3) is 5.91 Å². The fourth-order valence-electron chi connectivity index (χ4n) is 2.23. The largest absolute Gasteiger partial charge is 0.550 e. The summed E-state index contributed by atoms with van der Waals surface area (Å²) in [7, 11) is 0. The molecule has 3 rings (SSSR count). The second-order valence-electron chi connectivity index (χ2n) is 5.01. The summed E-state index contributed by atoms with van der Waals surface area (Å²) in [4.78, 5) is 29.1. The Labute approximate surface area is 148 Å². The van der Waals surface area contributed by atoms with Crippen LogP contribution in [0, 0.1) is 0 Å². The molecule has 2 aromatic rings. The van der Waals surface area contributed by atoms with Crippen LogP contribution in [0.4, 0.5) is 5.69 Å². The number of carbonyl (C=O) groups excluding carboxylic acids is 2. The summed E-state index contributed by atoms with van der Waals surface area (Å²) in [6, 6.07) is 10.3. The fraction of sp³-hybridized carbons (Fsp3) is 0.0588. The van der Waals surface area contributed by atoms with Crippen LogP contribution < -0.4 is 10.0 Å². The number of thioether (sulfide) groups is 1. The van der Waals surface area contributed by atoms with Crippen molar-refractivity contribution >= 4 is 51.9 Å². The van der Waals surface area contributed by atoms with Gasteiger partial charge in [0.15, 0.2) is 4.32 Å². The minimum Gasteiger partial charge on any atom is -0.550 e. The zero-order chi connectivity index (χ0) is 17.1. The number of hydrogen-bond acceptors (Lipinski definition) is 6. The van der Waals surface area contributed by atoms with E-state index < -0.39 is 5.97 Å². The molecule has 1 fully saturated rings. The van der Waals surface area contributed by atoms with Crippen molar-refractivity contribution in [2.45, 2.75) is 6.42 Å². The van der Waals surface area contributed by atoms with Gasteiger partial charge in [0, 0.05) is 24.8 Å². The molecular formula is C17H11N2O3S2-. The number of thiocarbonyl (C=S) groups is 1. The third kappa shape index (κ3) is 3.52. The second-order valence-corrected chi connectivity index (χ2v) is 6.69. The van der Waals surface area contributed by atoms with Crippen LogP contribution in [0.2, 0.25) is 0 Å². The Morgan fingerprint density at radius 2 is 1.88 bits per heavy atom. The molecular weight excluding hydrogens is 344 g/mol. The molecule has 120 valence electrons. The topological polar surface area (TPSA) is 73.3 Å². The van der Waals surface area contributed by atoms with Crippen LogP contribution >= 0.6 is 24.0 Å². The van der Waals surface area contributed by atoms with Gasteiger partial charge in [-0.3, -0.25) is 14.7 Å². The number of rotatable bonds is 4. The number of anilines is 1. The van der Waals surface area contributed by atoms with Gasteiger partial charge in [0.2, 0.25) is 0 Å². The maximum atomic E-state index is 12.6. The number of amides is 1. The van der Waals surface area contributed by atoms with Gasteiger partial charge in [-0.25, -0.2) is 0 Å². The van der Waals surface area contributed by atoms with E-state index in [1.807, 2.05) is 0 Å². The van der Waals surface area contributed by atoms with Gasteiger partial charge in [-0.15, -0.1) is 0 Å². The molecule has 1 amide bonds. The SMILES string of the molecule is O=C([O-])Cc1ccc(N2C(=O)/C(=C/c3ccncc3)SC2=S)cc1. The third-order valence-electron chi connectivity index (χ3n) is 3.34.